The Balaban J connectivity index is 2.56. The van der Waals surface area contributed by atoms with Crippen molar-refractivity contribution < 1.29 is 9.53 Å². The standard InChI is InChI=1S/C13H13NO3/c1-8(2)17-11-3-4-12-9(6-11)5-10(7-15)13(16)14-12/h3-8H,1-2H3,(H,14,16). The van der Waals surface area contributed by atoms with Crippen molar-refractivity contribution in [1.29, 1.82) is 0 Å². The second kappa shape index (κ2) is 4.41. The molecule has 0 amide bonds. The Morgan fingerprint density at radius 3 is 2.71 bits per heavy atom. The van der Waals surface area contributed by atoms with Crippen LogP contribution in [0.3, 0.4) is 0 Å². The number of hydrogen-bond donors (Lipinski definition) is 1. The van der Waals surface area contributed by atoms with Crippen molar-refractivity contribution in [2.24, 2.45) is 0 Å². The fraction of sp³-hybridized carbons (Fsp3) is 0.231. The highest BCUT2D eigenvalue weighted by molar-refractivity contribution is 5.86. The molecule has 0 aliphatic heterocycles. The van der Waals surface area contributed by atoms with Crippen LogP contribution in [0.5, 0.6) is 5.75 Å². The third-order valence-corrected chi connectivity index (χ3v) is 2.34. The fourth-order valence-electron chi connectivity index (χ4n) is 1.63. The first kappa shape index (κ1) is 11.4. The Bertz CT molecular complexity index is 614. The van der Waals surface area contributed by atoms with Crippen LogP contribution in [0.4, 0.5) is 0 Å². The third-order valence-electron chi connectivity index (χ3n) is 2.34. The van der Waals surface area contributed by atoms with E-state index in [2.05, 4.69) is 4.98 Å². The minimum Gasteiger partial charge on any atom is -0.491 e. The summed E-state index contributed by atoms with van der Waals surface area (Å²) in [4.78, 5) is 24.7. The van der Waals surface area contributed by atoms with Crippen molar-refractivity contribution in [3.63, 3.8) is 0 Å². The van der Waals surface area contributed by atoms with Crippen LogP contribution in [0.2, 0.25) is 0 Å². The molecule has 4 heteroatoms. The van der Waals surface area contributed by atoms with E-state index in [1.54, 1.807) is 24.3 Å². The van der Waals surface area contributed by atoms with Gasteiger partial charge in [-0.2, -0.15) is 0 Å². The molecule has 0 unspecified atom stereocenters. The number of carbonyl (C=O) groups excluding carboxylic acids is 1. The number of H-pyrrole nitrogens is 1. The van der Waals surface area contributed by atoms with Crippen LogP contribution in [-0.4, -0.2) is 17.4 Å². The quantitative estimate of drug-likeness (QED) is 0.823. The van der Waals surface area contributed by atoms with Gasteiger partial charge in [0.2, 0.25) is 0 Å². The second-order valence-electron chi connectivity index (χ2n) is 4.09. The molecule has 0 saturated heterocycles. The maximum Gasteiger partial charge on any atom is 0.259 e. The molecule has 0 aliphatic rings. The van der Waals surface area contributed by atoms with E-state index in [-0.39, 0.29) is 17.2 Å². The number of carbonyl (C=O) groups is 1. The summed E-state index contributed by atoms with van der Waals surface area (Å²) >= 11 is 0. The summed E-state index contributed by atoms with van der Waals surface area (Å²) in [5.41, 5.74) is 0.445. The normalized spacial score (nSPS) is 10.8. The van der Waals surface area contributed by atoms with Crippen LogP contribution in [-0.2, 0) is 0 Å². The van der Waals surface area contributed by atoms with Gasteiger partial charge in [0.25, 0.3) is 5.56 Å². The lowest BCUT2D eigenvalue weighted by Gasteiger charge is -2.10. The molecule has 88 valence electrons. The van der Waals surface area contributed by atoms with Crippen LogP contribution < -0.4 is 10.3 Å². The Hall–Kier alpha value is -2.10. The SMILES string of the molecule is CC(C)Oc1ccc2[nH]c(=O)c(C=O)cc2c1. The van der Waals surface area contributed by atoms with E-state index >= 15 is 0 Å². The van der Waals surface area contributed by atoms with E-state index in [9.17, 15) is 9.59 Å². The molecule has 2 aromatic rings. The van der Waals surface area contributed by atoms with Crippen molar-refractivity contribution in [3.8, 4) is 5.75 Å². The molecule has 0 spiro atoms. The van der Waals surface area contributed by atoms with Gasteiger partial charge in [-0.3, -0.25) is 9.59 Å². The number of fused-ring (bicyclic) bond motifs is 1. The predicted molar refractivity (Wildman–Crippen MR) is 65.7 cm³/mol. The van der Waals surface area contributed by atoms with Gasteiger partial charge < -0.3 is 9.72 Å². The first-order chi connectivity index (χ1) is 8.10. The molecule has 2 rings (SSSR count). The smallest absolute Gasteiger partial charge is 0.259 e. The minimum absolute atomic E-state index is 0.0840. The van der Waals surface area contributed by atoms with Crippen molar-refractivity contribution in [1.82, 2.24) is 4.98 Å². The first-order valence-corrected chi connectivity index (χ1v) is 5.39. The van der Waals surface area contributed by atoms with Gasteiger partial charge in [0.05, 0.1) is 11.7 Å². The fourth-order valence-corrected chi connectivity index (χ4v) is 1.63. The number of benzene rings is 1. The maximum absolute atomic E-state index is 11.4. The Morgan fingerprint density at radius 1 is 1.29 bits per heavy atom. The van der Waals surface area contributed by atoms with E-state index in [0.29, 0.717) is 11.8 Å². The predicted octanol–water partition coefficient (Wildman–Crippen LogP) is 2.13. The Morgan fingerprint density at radius 2 is 2.06 bits per heavy atom. The van der Waals surface area contributed by atoms with Crippen LogP contribution in [0.15, 0.2) is 29.1 Å². The Labute approximate surface area is 98.2 Å². The number of nitrogens with one attached hydrogen (secondary N) is 1. The topological polar surface area (TPSA) is 59.2 Å². The molecule has 0 saturated carbocycles. The largest absolute Gasteiger partial charge is 0.491 e. The van der Waals surface area contributed by atoms with E-state index < -0.39 is 0 Å². The molecule has 0 aliphatic carbocycles. The summed E-state index contributed by atoms with van der Waals surface area (Å²) < 4.78 is 5.55. The zero-order valence-corrected chi connectivity index (χ0v) is 9.69. The van der Waals surface area contributed by atoms with E-state index in [4.69, 9.17) is 4.74 Å². The van der Waals surface area contributed by atoms with Crippen molar-refractivity contribution >= 4 is 17.2 Å². The zero-order chi connectivity index (χ0) is 12.4. The molecule has 0 radical (unpaired) electrons. The monoisotopic (exact) mass is 231 g/mol. The Kier molecular flexibility index (Phi) is 2.95. The molecule has 0 bridgehead atoms. The number of ether oxygens (including phenoxy) is 1. The molecule has 1 N–H and O–H groups in total. The number of hydrogen-bond acceptors (Lipinski definition) is 3. The molecule has 4 nitrogen and oxygen atoms in total. The van der Waals surface area contributed by atoms with Gasteiger partial charge >= 0.3 is 0 Å². The van der Waals surface area contributed by atoms with Gasteiger partial charge in [0, 0.05) is 10.9 Å². The summed E-state index contributed by atoms with van der Waals surface area (Å²) in [5.74, 6) is 0.719. The van der Waals surface area contributed by atoms with Gasteiger partial charge in [-0.1, -0.05) is 0 Å². The lowest BCUT2D eigenvalue weighted by molar-refractivity contribution is 0.112. The van der Waals surface area contributed by atoms with Gasteiger partial charge in [-0.25, -0.2) is 0 Å². The zero-order valence-electron chi connectivity index (χ0n) is 9.69. The third kappa shape index (κ3) is 2.36. The molecule has 1 aromatic heterocycles. The van der Waals surface area contributed by atoms with Gasteiger partial charge in [0.15, 0.2) is 6.29 Å². The number of aldehydes is 1. The van der Waals surface area contributed by atoms with Gasteiger partial charge in [-0.05, 0) is 38.1 Å². The van der Waals surface area contributed by atoms with Crippen LogP contribution in [0.1, 0.15) is 24.2 Å². The van der Waals surface area contributed by atoms with Gasteiger partial charge in [-0.15, -0.1) is 0 Å². The summed E-state index contributed by atoms with van der Waals surface area (Å²) in [7, 11) is 0. The van der Waals surface area contributed by atoms with Crippen LogP contribution in [0, 0.1) is 0 Å². The number of rotatable bonds is 3. The molecule has 0 fully saturated rings. The summed E-state index contributed by atoms with van der Waals surface area (Å²) in [5, 5.41) is 0.782. The summed E-state index contributed by atoms with van der Waals surface area (Å²) in [6.45, 7) is 3.88. The lowest BCUT2D eigenvalue weighted by Crippen LogP contribution is -2.11. The van der Waals surface area contributed by atoms with Crippen LogP contribution in [0.25, 0.3) is 10.9 Å². The highest BCUT2D eigenvalue weighted by Gasteiger charge is 2.04. The van der Waals surface area contributed by atoms with E-state index in [1.165, 1.54) is 0 Å². The molecular formula is C13H13NO3. The number of aromatic amines is 1. The van der Waals surface area contributed by atoms with Crippen molar-refractivity contribution in [2.75, 3.05) is 0 Å². The van der Waals surface area contributed by atoms with Crippen molar-refractivity contribution in [2.45, 2.75) is 20.0 Å². The summed E-state index contributed by atoms with van der Waals surface area (Å²) in [6, 6.07) is 6.93. The van der Waals surface area contributed by atoms with Crippen LogP contribution >= 0.6 is 0 Å². The average Bonchev–Trinajstić information content (AvgIpc) is 2.28. The molecule has 1 heterocycles. The van der Waals surface area contributed by atoms with E-state index in [0.717, 1.165) is 11.1 Å². The molecule has 1 aromatic carbocycles. The molecule has 17 heavy (non-hydrogen) atoms. The number of pyridine rings is 1. The lowest BCUT2D eigenvalue weighted by atomic mass is 10.1. The van der Waals surface area contributed by atoms with Gasteiger partial charge in [0.1, 0.15) is 5.75 Å². The van der Waals surface area contributed by atoms with Crippen molar-refractivity contribution in [3.05, 3.63) is 40.2 Å². The molecule has 0 atom stereocenters. The molecular weight excluding hydrogens is 218 g/mol. The van der Waals surface area contributed by atoms with E-state index in [1.807, 2.05) is 13.8 Å². The average molecular weight is 231 g/mol. The maximum atomic E-state index is 11.4. The highest BCUT2D eigenvalue weighted by Crippen LogP contribution is 2.19. The highest BCUT2D eigenvalue weighted by atomic mass is 16.5. The minimum atomic E-state index is -0.370. The summed E-state index contributed by atoms with van der Waals surface area (Å²) in [6.07, 6.45) is 0.634. The second-order valence-corrected chi connectivity index (χ2v) is 4.09. The first-order valence-electron chi connectivity index (χ1n) is 5.39. The number of aromatic nitrogens is 1.